The third-order valence-electron chi connectivity index (χ3n) is 6.88. The van der Waals surface area contributed by atoms with Gasteiger partial charge in [-0.2, -0.15) is 0 Å². The monoisotopic (exact) mass is 431 g/mol. The van der Waals surface area contributed by atoms with Crippen LogP contribution in [0, 0.1) is 0 Å². The number of ether oxygens (including phenoxy) is 3. The van der Waals surface area contributed by atoms with Crippen molar-refractivity contribution in [1.29, 1.82) is 0 Å². The Labute approximate surface area is 187 Å². The van der Waals surface area contributed by atoms with E-state index in [0.717, 1.165) is 55.2 Å². The molecule has 0 radical (unpaired) electrons. The second-order valence-electron chi connectivity index (χ2n) is 8.78. The van der Waals surface area contributed by atoms with Gasteiger partial charge in [0, 0.05) is 54.4 Å². The van der Waals surface area contributed by atoms with Crippen molar-refractivity contribution in [1.82, 2.24) is 9.55 Å². The quantitative estimate of drug-likeness (QED) is 0.439. The molecule has 6 heteroatoms. The summed E-state index contributed by atoms with van der Waals surface area (Å²) in [6.45, 7) is 3.44. The number of nitrogens with one attached hydrogen (secondary N) is 1. The number of piperidine rings is 1. The highest BCUT2D eigenvalue weighted by Crippen LogP contribution is 2.47. The van der Waals surface area contributed by atoms with Gasteiger partial charge in [0.25, 0.3) is 0 Å². The largest absolute Gasteiger partial charge is 0.497 e. The van der Waals surface area contributed by atoms with Crippen molar-refractivity contribution in [2.45, 2.75) is 38.6 Å². The van der Waals surface area contributed by atoms with Gasteiger partial charge < -0.3 is 28.7 Å². The maximum Gasteiger partial charge on any atom is 0.231 e. The van der Waals surface area contributed by atoms with Crippen molar-refractivity contribution in [3.05, 3.63) is 48.3 Å². The summed E-state index contributed by atoms with van der Waals surface area (Å²) in [6.07, 6.45) is 10.2. The molecule has 0 spiro atoms. The van der Waals surface area contributed by atoms with Gasteiger partial charge in [-0.1, -0.05) is 0 Å². The van der Waals surface area contributed by atoms with Crippen LogP contribution >= 0.6 is 0 Å². The molecule has 2 aliphatic rings. The van der Waals surface area contributed by atoms with Crippen molar-refractivity contribution in [3.63, 3.8) is 0 Å². The van der Waals surface area contributed by atoms with E-state index in [1.807, 2.05) is 6.07 Å². The molecule has 6 nitrogen and oxygen atoms in total. The van der Waals surface area contributed by atoms with Crippen LogP contribution in [-0.4, -0.2) is 36.5 Å². The lowest BCUT2D eigenvalue weighted by molar-refractivity contribution is 0.174. The van der Waals surface area contributed by atoms with E-state index in [2.05, 4.69) is 51.1 Å². The summed E-state index contributed by atoms with van der Waals surface area (Å²) >= 11 is 0. The van der Waals surface area contributed by atoms with Gasteiger partial charge in [0.2, 0.25) is 6.79 Å². The van der Waals surface area contributed by atoms with Gasteiger partial charge in [0.05, 0.1) is 18.3 Å². The predicted octanol–water partition coefficient (Wildman–Crippen LogP) is 5.48. The van der Waals surface area contributed by atoms with Gasteiger partial charge in [-0.3, -0.25) is 0 Å². The Morgan fingerprint density at radius 1 is 1.03 bits per heavy atom. The number of aromatic nitrogens is 2. The zero-order valence-electron chi connectivity index (χ0n) is 18.5. The molecule has 1 saturated heterocycles. The third-order valence-corrected chi connectivity index (χ3v) is 6.88. The highest BCUT2D eigenvalue weighted by molar-refractivity contribution is 5.99. The summed E-state index contributed by atoms with van der Waals surface area (Å²) in [5.74, 6) is 2.70. The maximum absolute atomic E-state index is 5.90. The Morgan fingerprint density at radius 2 is 1.94 bits per heavy atom. The number of methoxy groups -OCH3 is 1. The van der Waals surface area contributed by atoms with Crippen LogP contribution in [0.15, 0.2) is 42.7 Å². The van der Waals surface area contributed by atoms with E-state index in [-0.39, 0.29) is 0 Å². The number of benzene rings is 2. The highest BCUT2D eigenvalue weighted by Gasteiger charge is 2.27. The van der Waals surface area contributed by atoms with Crippen molar-refractivity contribution >= 4 is 27.5 Å². The fourth-order valence-corrected chi connectivity index (χ4v) is 5.23. The summed E-state index contributed by atoms with van der Waals surface area (Å²) in [7, 11) is 1.72. The topological polar surface area (TPSA) is 51.7 Å². The zero-order valence-corrected chi connectivity index (χ0v) is 18.5. The molecule has 0 saturated carbocycles. The molecular formula is C26H29N3O3. The maximum atomic E-state index is 5.90. The Balaban J connectivity index is 1.27. The standard InChI is InChI=1S/C26H29N3O3/c1-30-19-7-8-22-21(14-19)18(16-27-22)6-5-12-28-13-9-20-23(28)15-24-26(32-17-31-24)25(20)29-10-3-2-4-11-29/h7-9,13-16,27H,2-6,10-12,17H2,1H3. The zero-order chi connectivity index (χ0) is 21.5. The number of hydrogen-bond donors (Lipinski definition) is 1. The lowest BCUT2D eigenvalue weighted by atomic mass is 10.1. The highest BCUT2D eigenvalue weighted by atomic mass is 16.7. The first-order valence-corrected chi connectivity index (χ1v) is 11.6. The Morgan fingerprint density at radius 3 is 2.81 bits per heavy atom. The second kappa shape index (κ2) is 8.01. The number of H-pyrrole nitrogens is 1. The third kappa shape index (κ3) is 3.25. The van der Waals surface area contributed by atoms with Crippen LogP contribution in [0.1, 0.15) is 31.2 Å². The molecule has 0 atom stereocenters. The number of nitrogens with zero attached hydrogens (tertiary/aromatic N) is 2. The first-order chi connectivity index (χ1) is 15.8. The fraction of sp³-hybridized carbons (Fsp3) is 0.385. The van der Waals surface area contributed by atoms with Crippen molar-refractivity contribution < 1.29 is 14.2 Å². The molecule has 0 aliphatic carbocycles. The normalized spacial score (nSPS) is 15.7. The van der Waals surface area contributed by atoms with Crippen LogP contribution in [0.25, 0.3) is 21.8 Å². The first-order valence-electron chi connectivity index (χ1n) is 11.6. The Kier molecular flexibility index (Phi) is 4.86. The minimum Gasteiger partial charge on any atom is -0.497 e. The average molecular weight is 432 g/mol. The smallest absolute Gasteiger partial charge is 0.231 e. The molecule has 32 heavy (non-hydrogen) atoms. The molecule has 2 aromatic carbocycles. The first kappa shape index (κ1) is 19.4. The van der Waals surface area contributed by atoms with Crippen molar-refractivity contribution in [3.8, 4) is 17.2 Å². The molecule has 1 fully saturated rings. The lowest BCUT2D eigenvalue weighted by Gasteiger charge is -2.30. The van der Waals surface area contributed by atoms with Gasteiger partial charge >= 0.3 is 0 Å². The number of fused-ring (bicyclic) bond motifs is 3. The van der Waals surface area contributed by atoms with E-state index < -0.39 is 0 Å². The van der Waals surface area contributed by atoms with E-state index in [4.69, 9.17) is 14.2 Å². The molecule has 0 amide bonds. The minimum absolute atomic E-state index is 0.312. The van der Waals surface area contributed by atoms with Crippen LogP contribution in [0.5, 0.6) is 17.2 Å². The predicted molar refractivity (Wildman–Crippen MR) is 127 cm³/mol. The van der Waals surface area contributed by atoms with Crippen LogP contribution in [-0.2, 0) is 13.0 Å². The number of hydrogen-bond acceptors (Lipinski definition) is 4. The Bertz CT molecular complexity index is 1270. The lowest BCUT2D eigenvalue weighted by Crippen LogP contribution is -2.29. The van der Waals surface area contributed by atoms with Crippen LogP contribution < -0.4 is 19.1 Å². The number of aromatic amines is 1. The van der Waals surface area contributed by atoms with E-state index in [9.17, 15) is 0 Å². The second-order valence-corrected chi connectivity index (χ2v) is 8.78. The summed E-state index contributed by atoms with van der Waals surface area (Å²) in [4.78, 5) is 5.88. The number of anilines is 1. The van der Waals surface area contributed by atoms with Gasteiger partial charge in [0.1, 0.15) is 5.75 Å². The molecule has 4 heterocycles. The van der Waals surface area contributed by atoms with Crippen molar-refractivity contribution in [2.24, 2.45) is 0 Å². The van der Waals surface area contributed by atoms with E-state index in [1.54, 1.807) is 7.11 Å². The molecule has 2 aliphatic heterocycles. The molecule has 166 valence electrons. The molecular weight excluding hydrogens is 402 g/mol. The van der Waals surface area contributed by atoms with Crippen LogP contribution in [0.3, 0.4) is 0 Å². The van der Waals surface area contributed by atoms with E-state index >= 15 is 0 Å². The van der Waals surface area contributed by atoms with E-state index in [0.29, 0.717) is 6.79 Å². The average Bonchev–Trinajstić information content (AvgIpc) is 3.57. The number of aryl methyl sites for hydroxylation is 2. The van der Waals surface area contributed by atoms with Crippen LogP contribution in [0.4, 0.5) is 5.69 Å². The summed E-state index contributed by atoms with van der Waals surface area (Å²) in [5, 5.41) is 2.52. The number of rotatable bonds is 6. The van der Waals surface area contributed by atoms with Gasteiger partial charge in [-0.05, 0) is 61.9 Å². The van der Waals surface area contributed by atoms with Gasteiger partial charge in [-0.15, -0.1) is 0 Å². The summed E-state index contributed by atoms with van der Waals surface area (Å²) < 4.78 is 19.5. The van der Waals surface area contributed by atoms with Crippen molar-refractivity contribution in [2.75, 3.05) is 31.9 Å². The van der Waals surface area contributed by atoms with Gasteiger partial charge in [-0.25, -0.2) is 0 Å². The molecule has 1 N–H and O–H groups in total. The Hall–Kier alpha value is -3.28. The molecule has 2 aromatic heterocycles. The fourth-order valence-electron chi connectivity index (χ4n) is 5.23. The molecule has 0 unspecified atom stereocenters. The van der Waals surface area contributed by atoms with Gasteiger partial charge in [0.15, 0.2) is 11.5 Å². The van der Waals surface area contributed by atoms with Crippen LogP contribution in [0.2, 0.25) is 0 Å². The molecule has 4 aromatic rings. The molecule has 0 bridgehead atoms. The summed E-state index contributed by atoms with van der Waals surface area (Å²) in [6, 6.07) is 10.6. The summed E-state index contributed by atoms with van der Waals surface area (Å²) in [5.41, 5.74) is 4.95. The molecule has 6 rings (SSSR count). The van der Waals surface area contributed by atoms with E-state index in [1.165, 1.54) is 46.8 Å². The minimum atomic E-state index is 0.312. The SMILES string of the molecule is COc1ccc2[nH]cc(CCCn3ccc4c(N5CCCCC5)c5c(cc43)OCO5)c2c1.